The molecule has 1 heteroatoms. The second-order valence-corrected chi connectivity index (χ2v) is 9.18. The molecule has 0 N–H and O–H groups in total. The number of unbranched alkanes of at least 4 members (excludes halogenated alkanes) is 3. The maximum absolute atomic E-state index is 6.20. The molecule has 0 aromatic heterocycles. The van der Waals surface area contributed by atoms with Gasteiger partial charge in [-0.3, -0.25) is 0 Å². The lowest BCUT2D eigenvalue weighted by Gasteiger charge is -2.30. The molecule has 0 amide bonds. The van der Waals surface area contributed by atoms with Crippen molar-refractivity contribution in [3.63, 3.8) is 0 Å². The highest BCUT2D eigenvalue weighted by Gasteiger charge is 2.22. The lowest BCUT2D eigenvalue weighted by atomic mass is 9.78. The molecule has 2 rings (SSSR count). The maximum atomic E-state index is 6.20. The summed E-state index contributed by atoms with van der Waals surface area (Å²) in [5.74, 6) is 3.07. The Bertz CT molecular complexity index is 297. The number of hydrogen-bond donors (Lipinski definition) is 0. The van der Waals surface area contributed by atoms with Gasteiger partial charge in [0, 0.05) is 6.61 Å². The Morgan fingerprint density at radius 3 is 1.72 bits per heavy atom. The lowest BCUT2D eigenvalue weighted by Crippen LogP contribution is -2.22. The van der Waals surface area contributed by atoms with E-state index in [0.29, 0.717) is 6.10 Å². The molecule has 2 fully saturated rings. The van der Waals surface area contributed by atoms with Gasteiger partial charge in [-0.15, -0.1) is 0 Å². The minimum Gasteiger partial charge on any atom is -0.378 e. The molecule has 0 unspecified atom stereocenters. The third-order valence-electron chi connectivity index (χ3n) is 7.03. The summed E-state index contributed by atoms with van der Waals surface area (Å²) >= 11 is 0. The summed E-state index contributed by atoms with van der Waals surface area (Å²) in [4.78, 5) is 0. The van der Waals surface area contributed by atoms with E-state index in [2.05, 4.69) is 13.8 Å². The van der Waals surface area contributed by atoms with Crippen LogP contribution in [-0.2, 0) is 4.74 Å². The third kappa shape index (κ3) is 8.94. The highest BCUT2D eigenvalue weighted by Crippen LogP contribution is 2.34. The molecular weight excluding hydrogens is 304 g/mol. The highest BCUT2D eigenvalue weighted by atomic mass is 16.5. The molecule has 0 aliphatic heterocycles. The van der Waals surface area contributed by atoms with E-state index < -0.39 is 0 Å². The Hall–Kier alpha value is -0.0400. The van der Waals surface area contributed by atoms with E-state index in [1.807, 2.05) is 0 Å². The van der Waals surface area contributed by atoms with E-state index >= 15 is 0 Å². The number of ether oxygens (including phenoxy) is 1. The van der Waals surface area contributed by atoms with Gasteiger partial charge >= 0.3 is 0 Å². The van der Waals surface area contributed by atoms with Crippen molar-refractivity contribution in [2.24, 2.45) is 17.8 Å². The summed E-state index contributed by atoms with van der Waals surface area (Å²) in [6.45, 7) is 5.66. The smallest absolute Gasteiger partial charge is 0.0575 e. The van der Waals surface area contributed by atoms with Gasteiger partial charge in [-0.25, -0.2) is 0 Å². The van der Waals surface area contributed by atoms with Crippen molar-refractivity contribution in [1.82, 2.24) is 0 Å². The van der Waals surface area contributed by atoms with Crippen LogP contribution in [0.4, 0.5) is 0 Å². The predicted octanol–water partition coefficient (Wildman–Crippen LogP) is 7.92. The number of rotatable bonds is 12. The Kier molecular flexibility index (Phi) is 11.2. The zero-order valence-corrected chi connectivity index (χ0v) is 17.4. The van der Waals surface area contributed by atoms with Gasteiger partial charge in [-0.2, -0.15) is 0 Å². The SMILES string of the molecule is CCCCCC[C@H]1CC[C@H](CCCO[C@H]2CC[C@H](CCC)CC2)CC1. The average Bonchev–Trinajstić information content (AvgIpc) is 2.65. The first kappa shape index (κ1) is 21.3. The van der Waals surface area contributed by atoms with Gasteiger partial charge in [0.05, 0.1) is 6.10 Å². The summed E-state index contributed by atoms with van der Waals surface area (Å²) in [7, 11) is 0. The van der Waals surface area contributed by atoms with Crippen LogP contribution in [0.5, 0.6) is 0 Å². The Morgan fingerprint density at radius 2 is 1.12 bits per heavy atom. The fourth-order valence-corrected chi connectivity index (χ4v) is 5.29. The van der Waals surface area contributed by atoms with Crippen LogP contribution >= 0.6 is 0 Å². The van der Waals surface area contributed by atoms with E-state index in [1.165, 1.54) is 109 Å². The van der Waals surface area contributed by atoms with E-state index in [0.717, 1.165) is 24.4 Å². The fourth-order valence-electron chi connectivity index (χ4n) is 5.29. The topological polar surface area (TPSA) is 9.23 Å². The molecule has 25 heavy (non-hydrogen) atoms. The van der Waals surface area contributed by atoms with Crippen molar-refractivity contribution < 1.29 is 4.74 Å². The Labute approximate surface area is 158 Å². The summed E-state index contributed by atoms with van der Waals surface area (Å²) < 4.78 is 6.20. The molecular formula is C24H46O. The molecule has 0 aromatic rings. The fraction of sp³-hybridized carbons (Fsp3) is 1.00. The third-order valence-corrected chi connectivity index (χ3v) is 7.03. The van der Waals surface area contributed by atoms with Gasteiger partial charge in [0.25, 0.3) is 0 Å². The molecule has 0 saturated heterocycles. The molecule has 0 spiro atoms. The molecule has 0 heterocycles. The van der Waals surface area contributed by atoms with Gasteiger partial charge in [0.1, 0.15) is 0 Å². The quantitative estimate of drug-likeness (QED) is 0.325. The summed E-state index contributed by atoms with van der Waals surface area (Å²) in [6, 6.07) is 0. The summed E-state index contributed by atoms with van der Waals surface area (Å²) in [6.07, 6.45) is 24.9. The van der Waals surface area contributed by atoms with Crippen molar-refractivity contribution in [1.29, 1.82) is 0 Å². The molecule has 0 aromatic carbocycles. The standard InChI is InChI=1S/C24H46O/c1-3-5-6-7-10-22-12-14-23(15-13-22)11-8-20-25-24-18-16-21(9-4-2)17-19-24/h21-24H,3-20H2,1-2H3/t21-,22-,23-,24-. The predicted molar refractivity (Wildman–Crippen MR) is 110 cm³/mol. The van der Waals surface area contributed by atoms with Gasteiger partial charge in [-0.05, 0) is 56.3 Å². The molecule has 0 bridgehead atoms. The van der Waals surface area contributed by atoms with Crippen LogP contribution in [0.3, 0.4) is 0 Å². The van der Waals surface area contributed by atoms with Crippen LogP contribution < -0.4 is 0 Å². The largest absolute Gasteiger partial charge is 0.378 e. The normalized spacial score (nSPS) is 30.5. The van der Waals surface area contributed by atoms with Gasteiger partial charge < -0.3 is 4.74 Å². The van der Waals surface area contributed by atoms with Crippen molar-refractivity contribution >= 4 is 0 Å². The molecule has 0 radical (unpaired) electrons. The van der Waals surface area contributed by atoms with Crippen molar-refractivity contribution in [3.8, 4) is 0 Å². The van der Waals surface area contributed by atoms with E-state index in [9.17, 15) is 0 Å². The van der Waals surface area contributed by atoms with Crippen molar-refractivity contribution in [2.45, 2.75) is 129 Å². The number of hydrogen-bond acceptors (Lipinski definition) is 1. The first-order chi connectivity index (χ1) is 12.3. The molecule has 2 aliphatic rings. The molecule has 1 nitrogen and oxygen atoms in total. The minimum atomic E-state index is 0.590. The van der Waals surface area contributed by atoms with Crippen LogP contribution in [0.25, 0.3) is 0 Å². The first-order valence-corrected chi connectivity index (χ1v) is 11.9. The molecule has 0 atom stereocenters. The van der Waals surface area contributed by atoms with Crippen LogP contribution in [-0.4, -0.2) is 12.7 Å². The van der Waals surface area contributed by atoms with E-state index in [-0.39, 0.29) is 0 Å². The Morgan fingerprint density at radius 1 is 0.560 bits per heavy atom. The van der Waals surface area contributed by atoms with Crippen LogP contribution in [0.2, 0.25) is 0 Å². The average molecular weight is 351 g/mol. The van der Waals surface area contributed by atoms with Gasteiger partial charge in [-0.1, -0.05) is 84.5 Å². The zero-order valence-electron chi connectivity index (χ0n) is 17.4. The van der Waals surface area contributed by atoms with E-state index in [1.54, 1.807) is 0 Å². The van der Waals surface area contributed by atoms with Crippen LogP contribution in [0, 0.1) is 17.8 Å². The van der Waals surface area contributed by atoms with Crippen molar-refractivity contribution in [3.05, 3.63) is 0 Å². The van der Waals surface area contributed by atoms with E-state index in [4.69, 9.17) is 4.74 Å². The van der Waals surface area contributed by atoms with Crippen LogP contribution in [0.1, 0.15) is 123 Å². The summed E-state index contributed by atoms with van der Waals surface area (Å²) in [5, 5.41) is 0. The van der Waals surface area contributed by atoms with Gasteiger partial charge in [0.15, 0.2) is 0 Å². The first-order valence-electron chi connectivity index (χ1n) is 11.9. The monoisotopic (exact) mass is 350 g/mol. The molecule has 148 valence electrons. The molecule has 2 saturated carbocycles. The summed E-state index contributed by atoms with van der Waals surface area (Å²) in [5.41, 5.74) is 0. The second kappa shape index (κ2) is 13.2. The van der Waals surface area contributed by atoms with Gasteiger partial charge in [0.2, 0.25) is 0 Å². The molecule has 2 aliphatic carbocycles. The Balaban J connectivity index is 1.43. The van der Waals surface area contributed by atoms with Crippen LogP contribution in [0.15, 0.2) is 0 Å². The minimum absolute atomic E-state index is 0.590. The lowest BCUT2D eigenvalue weighted by molar-refractivity contribution is 0.0133. The van der Waals surface area contributed by atoms with Crippen molar-refractivity contribution in [2.75, 3.05) is 6.61 Å². The second-order valence-electron chi connectivity index (χ2n) is 9.18. The maximum Gasteiger partial charge on any atom is 0.0575 e. The zero-order chi connectivity index (χ0) is 17.7. The highest BCUT2D eigenvalue weighted by molar-refractivity contribution is 4.74.